The Morgan fingerprint density at radius 3 is 2.14 bits per heavy atom. The lowest BCUT2D eigenvalue weighted by Gasteiger charge is -2.34. The number of anilines is 1. The second kappa shape index (κ2) is 15.3. The van der Waals surface area contributed by atoms with Gasteiger partial charge in [-0.25, -0.2) is 8.42 Å². The average Bonchev–Trinajstić information content (AvgIpc) is 3.03. The number of halogens is 1. The first-order valence-corrected chi connectivity index (χ1v) is 17.3. The number of likely N-dealkylation sites (N-methyl/N-ethyl adjacent to an activating group) is 1. The van der Waals surface area contributed by atoms with Crippen molar-refractivity contribution in [2.24, 2.45) is 0 Å². The van der Waals surface area contributed by atoms with Gasteiger partial charge in [-0.3, -0.25) is 13.9 Å². The van der Waals surface area contributed by atoms with Gasteiger partial charge < -0.3 is 10.2 Å². The number of hydrogen-bond donors (Lipinski definition) is 1. The molecule has 0 aromatic heterocycles. The molecule has 0 heterocycles. The van der Waals surface area contributed by atoms with Crippen LogP contribution in [0.2, 0.25) is 5.02 Å². The van der Waals surface area contributed by atoms with Crippen LogP contribution in [0.25, 0.3) is 0 Å². The van der Waals surface area contributed by atoms with E-state index in [9.17, 15) is 18.0 Å². The number of thioether (sulfide) groups is 1. The molecule has 0 fully saturated rings. The Bertz CT molecular complexity index is 1670. The van der Waals surface area contributed by atoms with Gasteiger partial charge in [-0.1, -0.05) is 77.8 Å². The van der Waals surface area contributed by atoms with Crippen LogP contribution in [0.3, 0.4) is 0 Å². The Hall–Kier alpha value is -3.79. The van der Waals surface area contributed by atoms with Crippen LogP contribution in [0.15, 0.2) is 113 Å². The van der Waals surface area contributed by atoms with E-state index in [-0.39, 0.29) is 23.8 Å². The maximum absolute atomic E-state index is 14.4. The quantitative estimate of drug-likeness (QED) is 0.171. The molecule has 0 spiro atoms. The van der Waals surface area contributed by atoms with Crippen molar-refractivity contribution in [2.45, 2.75) is 42.6 Å². The van der Waals surface area contributed by atoms with E-state index in [1.807, 2.05) is 56.5 Å². The van der Waals surface area contributed by atoms with Crippen molar-refractivity contribution in [3.63, 3.8) is 0 Å². The van der Waals surface area contributed by atoms with Gasteiger partial charge in [-0.15, -0.1) is 11.8 Å². The smallest absolute Gasteiger partial charge is 0.264 e. The number of hydrogen-bond acceptors (Lipinski definition) is 5. The Morgan fingerprint density at radius 1 is 0.886 bits per heavy atom. The Kier molecular flexibility index (Phi) is 11.5. The van der Waals surface area contributed by atoms with Crippen molar-refractivity contribution in [1.29, 1.82) is 0 Å². The van der Waals surface area contributed by atoms with Crippen molar-refractivity contribution in [3.8, 4) is 0 Å². The Labute approximate surface area is 269 Å². The normalized spacial score (nSPS) is 11.9. The average molecular weight is 650 g/mol. The van der Waals surface area contributed by atoms with Crippen LogP contribution in [-0.4, -0.2) is 50.5 Å². The molecule has 44 heavy (non-hydrogen) atoms. The van der Waals surface area contributed by atoms with Crippen LogP contribution in [0.1, 0.15) is 23.6 Å². The molecule has 1 atom stereocenters. The van der Waals surface area contributed by atoms with Gasteiger partial charge >= 0.3 is 0 Å². The molecule has 0 unspecified atom stereocenters. The van der Waals surface area contributed by atoms with Gasteiger partial charge in [-0.2, -0.15) is 0 Å². The molecule has 0 saturated heterocycles. The van der Waals surface area contributed by atoms with Gasteiger partial charge in [0.15, 0.2) is 0 Å². The van der Waals surface area contributed by atoms with E-state index in [0.717, 1.165) is 20.3 Å². The van der Waals surface area contributed by atoms with E-state index in [2.05, 4.69) is 5.32 Å². The van der Waals surface area contributed by atoms with E-state index in [0.29, 0.717) is 22.8 Å². The summed E-state index contributed by atoms with van der Waals surface area (Å²) in [5.41, 5.74) is 2.79. The van der Waals surface area contributed by atoms with Crippen molar-refractivity contribution in [1.82, 2.24) is 10.2 Å². The summed E-state index contributed by atoms with van der Waals surface area (Å²) in [7, 11) is -4.17. The van der Waals surface area contributed by atoms with Crippen molar-refractivity contribution >= 4 is 50.9 Å². The lowest BCUT2D eigenvalue weighted by Crippen LogP contribution is -2.53. The maximum Gasteiger partial charge on any atom is 0.264 e. The number of carbonyl (C=O) groups excluding carboxylic acids is 2. The fraction of sp³-hybridized carbons (Fsp3) is 0.235. The third kappa shape index (κ3) is 8.22. The number of nitrogens with one attached hydrogen (secondary N) is 1. The standard InChI is InChI=1S/C34H36ClN3O4S2/c1-4-36-34(40)32(22-26-10-6-5-7-11-26)37(23-27-12-8-9-13-31(27)35)33(39)24-38(28-16-14-25(2)15-17-28)44(41,42)30-20-18-29(43-3)19-21-30/h5-21,32H,4,22-24H2,1-3H3,(H,36,40)/t32-/m0/s1. The van der Waals surface area contributed by atoms with Gasteiger partial charge in [0, 0.05) is 29.4 Å². The minimum Gasteiger partial charge on any atom is -0.355 e. The zero-order valence-corrected chi connectivity index (χ0v) is 27.3. The summed E-state index contributed by atoms with van der Waals surface area (Å²) in [4.78, 5) is 30.4. The van der Waals surface area contributed by atoms with Gasteiger partial charge in [-0.05, 0) is 73.7 Å². The van der Waals surface area contributed by atoms with E-state index in [4.69, 9.17) is 11.6 Å². The third-order valence-corrected chi connectivity index (χ3v) is 10.1. The topological polar surface area (TPSA) is 86.8 Å². The van der Waals surface area contributed by atoms with E-state index in [1.165, 1.54) is 16.7 Å². The molecule has 7 nitrogen and oxygen atoms in total. The first kappa shape index (κ1) is 33.1. The highest BCUT2D eigenvalue weighted by atomic mass is 35.5. The molecule has 4 aromatic rings. The number of aryl methyl sites for hydroxylation is 1. The predicted molar refractivity (Wildman–Crippen MR) is 179 cm³/mol. The third-order valence-electron chi connectivity index (χ3n) is 7.17. The summed E-state index contributed by atoms with van der Waals surface area (Å²) in [5.74, 6) is -0.879. The Balaban J connectivity index is 1.80. The molecule has 2 amide bonds. The lowest BCUT2D eigenvalue weighted by molar-refractivity contribution is -0.140. The zero-order chi connectivity index (χ0) is 31.7. The van der Waals surface area contributed by atoms with Crippen LogP contribution in [0.4, 0.5) is 5.69 Å². The first-order chi connectivity index (χ1) is 21.1. The molecule has 4 rings (SSSR count). The highest BCUT2D eigenvalue weighted by Crippen LogP contribution is 2.27. The SMILES string of the molecule is CCNC(=O)[C@H](Cc1ccccc1)N(Cc1ccccc1Cl)C(=O)CN(c1ccc(C)cc1)S(=O)(=O)c1ccc(SC)cc1. The minimum absolute atomic E-state index is 0.0113. The number of carbonyl (C=O) groups is 2. The monoisotopic (exact) mass is 649 g/mol. The number of nitrogens with zero attached hydrogens (tertiary/aromatic N) is 2. The highest BCUT2D eigenvalue weighted by Gasteiger charge is 2.34. The van der Waals surface area contributed by atoms with E-state index >= 15 is 0 Å². The molecule has 0 aliphatic heterocycles. The number of sulfonamides is 1. The summed E-state index contributed by atoms with van der Waals surface area (Å²) in [6, 6.07) is 29.1. The number of amides is 2. The molecule has 0 aliphatic carbocycles. The van der Waals surface area contributed by atoms with Crippen molar-refractivity contribution in [3.05, 3.63) is 125 Å². The minimum atomic E-state index is -4.17. The van der Waals surface area contributed by atoms with Crippen LogP contribution >= 0.6 is 23.4 Å². The summed E-state index contributed by atoms with van der Waals surface area (Å²) in [6.07, 6.45) is 2.14. The molecular formula is C34H36ClN3O4S2. The molecule has 10 heteroatoms. The van der Waals surface area contributed by atoms with Crippen LogP contribution < -0.4 is 9.62 Å². The van der Waals surface area contributed by atoms with Crippen molar-refractivity contribution < 1.29 is 18.0 Å². The lowest BCUT2D eigenvalue weighted by atomic mass is 10.0. The molecule has 0 aliphatic rings. The molecule has 0 bridgehead atoms. The summed E-state index contributed by atoms with van der Waals surface area (Å²) in [5, 5.41) is 3.30. The molecule has 230 valence electrons. The number of rotatable bonds is 13. The molecule has 0 saturated carbocycles. The zero-order valence-electron chi connectivity index (χ0n) is 24.9. The maximum atomic E-state index is 14.4. The highest BCUT2D eigenvalue weighted by molar-refractivity contribution is 7.98. The molecular weight excluding hydrogens is 614 g/mol. The van der Waals surface area contributed by atoms with E-state index < -0.39 is 28.5 Å². The van der Waals surface area contributed by atoms with Gasteiger partial charge in [0.2, 0.25) is 11.8 Å². The molecule has 1 N–H and O–H groups in total. The van der Waals surface area contributed by atoms with Gasteiger partial charge in [0.1, 0.15) is 12.6 Å². The van der Waals surface area contributed by atoms with E-state index in [1.54, 1.807) is 66.7 Å². The van der Waals surface area contributed by atoms with Crippen LogP contribution in [0.5, 0.6) is 0 Å². The van der Waals surface area contributed by atoms with Gasteiger partial charge in [0.25, 0.3) is 10.0 Å². The summed E-state index contributed by atoms with van der Waals surface area (Å²) in [6.45, 7) is 3.57. The molecule has 0 radical (unpaired) electrons. The molecule has 4 aromatic carbocycles. The fourth-order valence-corrected chi connectivity index (χ4v) is 6.79. The number of benzene rings is 4. The second-order valence-electron chi connectivity index (χ2n) is 10.2. The Morgan fingerprint density at radius 2 is 1.52 bits per heavy atom. The predicted octanol–water partition coefficient (Wildman–Crippen LogP) is 6.34. The summed E-state index contributed by atoms with van der Waals surface area (Å²) < 4.78 is 29.4. The van der Waals surface area contributed by atoms with Crippen LogP contribution in [0, 0.1) is 6.92 Å². The largest absolute Gasteiger partial charge is 0.355 e. The van der Waals surface area contributed by atoms with Gasteiger partial charge in [0.05, 0.1) is 10.6 Å². The summed E-state index contributed by atoms with van der Waals surface area (Å²) >= 11 is 8.03. The van der Waals surface area contributed by atoms with Crippen molar-refractivity contribution in [2.75, 3.05) is 23.7 Å². The first-order valence-electron chi connectivity index (χ1n) is 14.2. The fourth-order valence-electron chi connectivity index (χ4n) is 4.77. The second-order valence-corrected chi connectivity index (χ2v) is 13.4. The van der Waals surface area contributed by atoms with Crippen LogP contribution in [-0.2, 0) is 32.6 Å².